The maximum Gasteiger partial charge on any atom is 0.291 e. The Labute approximate surface area is 178 Å². The maximum absolute atomic E-state index is 13.4. The highest BCUT2D eigenvalue weighted by atomic mass is 35.5. The van der Waals surface area contributed by atoms with Gasteiger partial charge in [0.05, 0.1) is 5.69 Å². The van der Waals surface area contributed by atoms with Gasteiger partial charge in [0.25, 0.3) is 5.91 Å². The highest BCUT2D eigenvalue weighted by molar-refractivity contribution is 6.31. The minimum Gasteiger partial charge on any atom is -0.345 e. The molecule has 0 aliphatic rings. The second-order valence-corrected chi connectivity index (χ2v) is 7.14. The first kappa shape index (κ1) is 19.8. The van der Waals surface area contributed by atoms with Crippen LogP contribution in [0, 0.1) is 12.7 Å². The molecule has 0 aliphatic heterocycles. The molecule has 0 spiro atoms. The Bertz CT molecular complexity index is 1190. The fourth-order valence-corrected chi connectivity index (χ4v) is 3.21. The highest BCUT2D eigenvalue weighted by Crippen LogP contribution is 2.27. The molecule has 0 saturated carbocycles. The van der Waals surface area contributed by atoms with Gasteiger partial charge in [-0.25, -0.2) is 14.1 Å². The molecular formula is C23H18ClFN4O. The van der Waals surface area contributed by atoms with E-state index in [4.69, 9.17) is 11.6 Å². The number of halogens is 2. The SMILES string of the molecule is Cc1c(Cl)cccc1-n1nc(C(=O)NCc2ccccc2)nc1-c1ccc(F)cc1. The quantitative estimate of drug-likeness (QED) is 0.496. The fraction of sp³-hybridized carbons (Fsp3) is 0.0870. The molecule has 0 bridgehead atoms. The summed E-state index contributed by atoms with van der Waals surface area (Å²) in [6.45, 7) is 2.22. The summed E-state index contributed by atoms with van der Waals surface area (Å²) in [4.78, 5) is 17.2. The molecule has 7 heteroatoms. The molecule has 0 unspecified atom stereocenters. The molecular weight excluding hydrogens is 403 g/mol. The summed E-state index contributed by atoms with van der Waals surface area (Å²) in [6, 6.07) is 20.9. The molecule has 0 saturated heterocycles. The van der Waals surface area contributed by atoms with Gasteiger partial charge in [-0.2, -0.15) is 0 Å². The Morgan fingerprint density at radius 1 is 1.03 bits per heavy atom. The fourth-order valence-electron chi connectivity index (χ4n) is 3.04. The van der Waals surface area contributed by atoms with Gasteiger partial charge >= 0.3 is 0 Å². The van der Waals surface area contributed by atoms with Crippen LogP contribution >= 0.6 is 11.6 Å². The molecule has 0 aliphatic carbocycles. The predicted octanol–water partition coefficient (Wildman–Crippen LogP) is 4.97. The van der Waals surface area contributed by atoms with Crippen molar-refractivity contribution in [2.75, 3.05) is 0 Å². The molecule has 1 aromatic heterocycles. The van der Waals surface area contributed by atoms with Crippen LogP contribution < -0.4 is 5.32 Å². The van der Waals surface area contributed by atoms with Crippen LogP contribution in [-0.2, 0) is 6.54 Å². The molecule has 5 nitrogen and oxygen atoms in total. The lowest BCUT2D eigenvalue weighted by Gasteiger charge is -2.10. The van der Waals surface area contributed by atoms with E-state index in [9.17, 15) is 9.18 Å². The first-order chi connectivity index (χ1) is 14.5. The zero-order chi connectivity index (χ0) is 21.1. The molecule has 30 heavy (non-hydrogen) atoms. The summed E-state index contributed by atoms with van der Waals surface area (Å²) in [5, 5.41) is 7.84. The molecule has 1 amide bonds. The number of amides is 1. The van der Waals surface area contributed by atoms with E-state index < -0.39 is 5.91 Å². The van der Waals surface area contributed by atoms with Crippen molar-refractivity contribution in [2.45, 2.75) is 13.5 Å². The molecule has 4 aromatic rings. The average Bonchev–Trinajstić information content (AvgIpc) is 3.20. The van der Waals surface area contributed by atoms with Crippen LogP contribution in [0.5, 0.6) is 0 Å². The largest absolute Gasteiger partial charge is 0.345 e. The van der Waals surface area contributed by atoms with E-state index in [-0.39, 0.29) is 11.6 Å². The summed E-state index contributed by atoms with van der Waals surface area (Å²) in [5.74, 6) is -0.319. The summed E-state index contributed by atoms with van der Waals surface area (Å²) < 4.78 is 15.0. The number of nitrogens with one attached hydrogen (secondary N) is 1. The van der Waals surface area contributed by atoms with Crippen LogP contribution in [0.25, 0.3) is 17.1 Å². The van der Waals surface area contributed by atoms with E-state index >= 15 is 0 Å². The number of carbonyl (C=O) groups excluding carboxylic acids is 1. The number of hydrogen-bond donors (Lipinski definition) is 1. The molecule has 4 rings (SSSR count). The third-order valence-corrected chi connectivity index (χ3v) is 5.09. The molecule has 0 radical (unpaired) electrons. The lowest BCUT2D eigenvalue weighted by molar-refractivity contribution is 0.0940. The van der Waals surface area contributed by atoms with Crippen molar-refractivity contribution in [3.63, 3.8) is 0 Å². The van der Waals surface area contributed by atoms with Gasteiger partial charge in [0.1, 0.15) is 5.82 Å². The van der Waals surface area contributed by atoms with E-state index in [1.165, 1.54) is 12.1 Å². The zero-order valence-corrected chi connectivity index (χ0v) is 16.9. The Balaban J connectivity index is 1.73. The van der Waals surface area contributed by atoms with Gasteiger partial charge in [0.2, 0.25) is 5.82 Å². The van der Waals surface area contributed by atoms with Crippen LogP contribution in [0.4, 0.5) is 4.39 Å². The monoisotopic (exact) mass is 420 g/mol. The van der Waals surface area contributed by atoms with Gasteiger partial charge in [-0.1, -0.05) is 48.0 Å². The van der Waals surface area contributed by atoms with Crippen molar-refractivity contribution in [3.05, 3.63) is 101 Å². The van der Waals surface area contributed by atoms with Gasteiger partial charge in [-0.15, -0.1) is 5.10 Å². The first-order valence-electron chi connectivity index (χ1n) is 9.33. The van der Waals surface area contributed by atoms with E-state index in [1.54, 1.807) is 28.9 Å². The average molecular weight is 421 g/mol. The van der Waals surface area contributed by atoms with Crippen LogP contribution in [0.1, 0.15) is 21.7 Å². The van der Waals surface area contributed by atoms with E-state index in [1.807, 2.05) is 43.3 Å². The van der Waals surface area contributed by atoms with Crippen LogP contribution in [0.2, 0.25) is 5.02 Å². The number of rotatable bonds is 5. The Hall–Kier alpha value is -3.51. The van der Waals surface area contributed by atoms with Crippen molar-refractivity contribution < 1.29 is 9.18 Å². The van der Waals surface area contributed by atoms with Crippen molar-refractivity contribution in [1.29, 1.82) is 0 Å². The van der Waals surface area contributed by atoms with Crippen molar-refractivity contribution in [3.8, 4) is 17.1 Å². The molecule has 1 N–H and O–H groups in total. The standard InChI is InChI=1S/C23H18ClFN4O/c1-15-19(24)8-5-9-20(15)29-22(17-10-12-18(25)13-11-17)27-21(28-29)23(30)26-14-16-6-3-2-4-7-16/h2-13H,14H2,1H3,(H,26,30). The second-order valence-electron chi connectivity index (χ2n) is 6.73. The van der Waals surface area contributed by atoms with E-state index in [0.717, 1.165) is 11.1 Å². The Kier molecular flexibility index (Phi) is 5.59. The first-order valence-corrected chi connectivity index (χ1v) is 9.71. The zero-order valence-electron chi connectivity index (χ0n) is 16.1. The molecule has 3 aromatic carbocycles. The lowest BCUT2D eigenvalue weighted by atomic mass is 10.1. The Morgan fingerprint density at radius 3 is 2.50 bits per heavy atom. The highest BCUT2D eigenvalue weighted by Gasteiger charge is 2.20. The lowest BCUT2D eigenvalue weighted by Crippen LogP contribution is -2.24. The summed E-state index contributed by atoms with van der Waals surface area (Å²) in [5.41, 5.74) is 3.08. The van der Waals surface area contributed by atoms with Crippen molar-refractivity contribution >= 4 is 17.5 Å². The van der Waals surface area contributed by atoms with Crippen molar-refractivity contribution in [2.24, 2.45) is 0 Å². The van der Waals surface area contributed by atoms with Crippen LogP contribution in [0.15, 0.2) is 72.8 Å². The Morgan fingerprint density at radius 2 is 1.77 bits per heavy atom. The number of nitrogens with zero attached hydrogens (tertiary/aromatic N) is 3. The smallest absolute Gasteiger partial charge is 0.291 e. The molecule has 1 heterocycles. The topological polar surface area (TPSA) is 59.8 Å². The third-order valence-electron chi connectivity index (χ3n) is 4.68. The molecule has 150 valence electrons. The summed E-state index contributed by atoms with van der Waals surface area (Å²) >= 11 is 6.28. The number of hydrogen-bond acceptors (Lipinski definition) is 3. The minimum atomic E-state index is -0.402. The maximum atomic E-state index is 13.4. The van der Waals surface area contributed by atoms with Crippen LogP contribution in [-0.4, -0.2) is 20.7 Å². The summed E-state index contributed by atoms with van der Waals surface area (Å²) in [7, 11) is 0. The van der Waals surface area contributed by atoms with E-state index in [2.05, 4.69) is 15.4 Å². The third kappa shape index (κ3) is 4.09. The number of aromatic nitrogens is 3. The molecule has 0 fully saturated rings. The number of carbonyl (C=O) groups is 1. The van der Waals surface area contributed by atoms with E-state index in [0.29, 0.717) is 28.6 Å². The van der Waals surface area contributed by atoms with Gasteiger partial charge < -0.3 is 5.32 Å². The normalized spacial score (nSPS) is 10.8. The van der Waals surface area contributed by atoms with Gasteiger partial charge in [0.15, 0.2) is 5.82 Å². The van der Waals surface area contributed by atoms with Gasteiger partial charge in [-0.3, -0.25) is 4.79 Å². The van der Waals surface area contributed by atoms with Gasteiger partial charge in [-0.05, 0) is 54.4 Å². The minimum absolute atomic E-state index is 0.0182. The summed E-state index contributed by atoms with van der Waals surface area (Å²) in [6.07, 6.45) is 0. The molecule has 0 atom stereocenters. The predicted molar refractivity (Wildman–Crippen MR) is 114 cm³/mol. The van der Waals surface area contributed by atoms with Crippen molar-refractivity contribution in [1.82, 2.24) is 20.1 Å². The van der Waals surface area contributed by atoms with Gasteiger partial charge in [0, 0.05) is 17.1 Å². The second kappa shape index (κ2) is 8.47. The van der Waals surface area contributed by atoms with Crippen LogP contribution in [0.3, 0.4) is 0 Å². The number of benzene rings is 3.